The Hall–Kier alpha value is -1.91. The van der Waals surface area contributed by atoms with Crippen LogP contribution in [0.5, 0.6) is 0 Å². The average molecular weight is 283 g/mol. The lowest BCUT2D eigenvalue weighted by Gasteiger charge is -2.17. The summed E-state index contributed by atoms with van der Waals surface area (Å²) >= 11 is 0. The van der Waals surface area contributed by atoms with E-state index in [0.717, 1.165) is 16.8 Å². The van der Waals surface area contributed by atoms with E-state index in [1.165, 1.54) is 12.2 Å². The molecule has 1 aliphatic carbocycles. The molecule has 1 aromatic rings. The summed E-state index contributed by atoms with van der Waals surface area (Å²) in [5.74, 6) is -0.129. The highest BCUT2D eigenvalue weighted by Gasteiger charge is 2.32. The Labute approximate surface area is 116 Å². The molecule has 108 valence electrons. The number of hydrogen-bond donors (Lipinski definition) is 0. The Morgan fingerprint density at radius 3 is 2.30 bits per heavy atom. The lowest BCUT2D eigenvalue weighted by atomic mass is 9.96. The van der Waals surface area contributed by atoms with Crippen molar-refractivity contribution >= 4 is 11.3 Å². The summed E-state index contributed by atoms with van der Waals surface area (Å²) < 4.78 is 40.6. The van der Waals surface area contributed by atoms with Crippen LogP contribution in [-0.2, 0) is 4.74 Å². The van der Waals surface area contributed by atoms with Gasteiger partial charge in [0.2, 0.25) is 0 Å². The van der Waals surface area contributed by atoms with Crippen molar-refractivity contribution in [2.75, 3.05) is 19.0 Å². The van der Waals surface area contributed by atoms with Crippen LogP contribution in [0.15, 0.2) is 42.2 Å². The summed E-state index contributed by atoms with van der Waals surface area (Å²) in [7, 11) is 3.87. The fourth-order valence-electron chi connectivity index (χ4n) is 2.08. The van der Waals surface area contributed by atoms with E-state index < -0.39 is 6.36 Å². The maximum absolute atomic E-state index is 12.2. The van der Waals surface area contributed by atoms with Crippen LogP contribution in [0.1, 0.15) is 18.4 Å². The molecule has 0 saturated heterocycles. The van der Waals surface area contributed by atoms with E-state index in [1.54, 1.807) is 0 Å². The molecule has 0 atom stereocenters. The number of allylic oxidation sites excluding steroid dienone is 3. The molecule has 0 radical (unpaired) electrons. The normalized spacial score (nSPS) is 15.4. The van der Waals surface area contributed by atoms with Crippen molar-refractivity contribution in [3.05, 3.63) is 47.7 Å². The molecule has 2 nitrogen and oxygen atoms in total. The largest absolute Gasteiger partial charge is 0.573 e. The number of halogens is 3. The van der Waals surface area contributed by atoms with Gasteiger partial charge in [0.1, 0.15) is 5.76 Å². The summed E-state index contributed by atoms with van der Waals surface area (Å²) in [6.07, 6.45) is -0.453. The molecule has 0 heterocycles. The first-order chi connectivity index (χ1) is 9.35. The van der Waals surface area contributed by atoms with Gasteiger partial charge in [-0.1, -0.05) is 12.1 Å². The first kappa shape index (κ1) is 14.5. The number of nitrogens with zero attached hydrogens (tertiary/aromatic N) is 1. The molecule has 0 aromatic heterocycles. The van der Waals surface area contributed by atoms with Crippen LogP contribution in [0, 0.1) is 0 Å². The number of rotatable bonds is 3. The maximum Gasteiger partial charge on any atom is 0.573 e. The zero-order valence-electron chi connectivity index (χ0n) is 11.4. The van der Waals surface area contributed by atoms with Gasteiger partial charge in [-0.25, -0.2) is 0 Å². The minimum absolute atomic E-state index is 0.129. The van der Waals surface area contributed by atoms with Crippen molar-refractivity contribution in [1.29, 1.82) is 0 Å². The third-order valence-corrected chi connectivity index (χ3v) is 3.06. The van der Waals surface area contributed by atoms with Gasteiger partial charge in [0.15, 0.2) is 0 Å². The number of benzene rings is 1. The molecule has 0 N–H and O–H groups in total. The van der Waals surface area contributed by atoms with Gasteiger partial charge < -0.3 is 9.64 Å². The van der Waals surface area contributed by atoms with E-state index in [4.69, 9.17) is 0 Å². The molecular weight excluding hydrogens is 267 g/mol. The van der Waals surface area contributed by atoms with E-state index in [2.05, 4.69) is 4.74 Å². The highest BCUT2D eigenvalue weighted by molar-refractivity contribution is 5.70. The van der Waals surface area contributed by atoms with E-state index in [0.29, 0.717) is 12.8 Å². The Morgan fingerprint density at radius 1 is 1.10 bits per heavy atom. The standard InChI is InChI=1S/C15H16F3NO/c1-19(2)13-8-6-11(7-9-13)12-4-3-5-14(10-12)20-15(16,17)18/h5-10H,3-4H2,1-2H3. The van der Waals surface area contributed by atoms with Gasteiger partial charge in [0.05, 0.1) is 0 Å². The molecule has 1 aromatic carbocycles. The SMILES string of the molecule is CN(C)c1ccc(C2=CC(OC(F)(F)F)=CCC2)cc1. The fourth-order valence-corrected chi connectivity index (χ4v) is 2.08. The van der Waals surface area contributed by atoms with Crippen molar-refractivity contribution in [2.45, 2.75) is 19.2 Å². The minimum atomic E-state index is -4.64. The molecule has 1 aliphatic rings. The summed E-state index contributed by atoms with van der Waals surface area (Å²) in [6.45, 7) is 0. The molecule has 2 rings (SSSR count). The molecule has 0 aliphatic heterocycles. The van der Waals surface area contributed by atoms with Gasteiger partial charge in [-0.3, -0.25) is 0 Å². The van der Waals surface area contributed by atoms with Crippen molar-refractivity contribution in [1.82, 2.24) is 0 Å². The van der Waals surface area contributed by atoms with Crippen molar-refractivity contribution < 1.29 is 17.9 Å². The molecule has 5 heteroatoms. The Bertz CT molecular complexity index is 527. The fraction of sp³-hybridized carbons (Fsp3) is 0.333. The smallest absolute Gasteiger partial charge is 0.406 e. The topological polar surface area (TPSA) is 12.5 Å². The molecule has 20 heavy (non-hydrogen) atoms. The predicted molar refractivity (Wildman–Crippen MR) is 73.2 cm³/mol. The first-order valence-electron chi connectivity index (χ1n) is 6.29. The summed E-state index contributed by atoms with van der Waals surface area (Å²) in [4.78, 5) is 1.97. The molecule has 0 fully saturated rings. The summed E-state index contributed by atoms with van der Waals surface area (Å²) in [5.41, 5.74) is 2.83. The van der Waals surface area contributed by atoms with Gasteiger partial charge in [-0.05, 0) is 48.3 Å². The van der Waals surface area contributed by atoms with Gasteiger partial charge in [0, 0.05) is 19.8 Å². The van der Waals surface area contributed by atoms with Crippen molar-refractivity contribution in [3.8, 4) is 0 Å². The zero-order chi connectivity index (χ0) is 14.8. The number of hydrogen-bond acceptors (Lipinski definition) is 2. The average Bonchev–Trinajstić information content (AvgIpc) is 2.37. The molecule has 0 amide bonds. The Kier molecular flexibility index (Phi) is 4.06. The quantitative estimate of drug-likeness (QED) is 0.817. The number of anilines is 1. The number of alkyl halides is 3. The van der Waals surface area contributed by atoms with E-state index in [1.807, 2.05) is 43.3 Å². The lowest BCUT2D eigenvalue weighted by Crippen LogP contribution is -2.13. The molecule has 0 unspecified atom stereocenters. The summed E-state index contributed by atoms with van der Waals surface area (Å²) in [5, 5.41) is 0. The highest BCUT2D eigenvalue weighted by atomic mass is 19.4. The van der Waals surface area contributed by atoms with Crippen LogP contribution in [0.2, 0.25) is 0 Å². The Morgan fingerprint density at radius 2 is 1.75 bits per heavy atom. The van der Waals surface area contributed by atoms with Gasteiger partial charge in [0.25, 0.3) is 0 Å². The third-order valence-electron chi connectivity index (χ3n) is 3.06. The molecule has 0 saturated carbocycles. The zero-order valence-corrected chi connectivity index (χ0v) is 11.4. The van der Waals surface area contributed by atoms with Crippen molar-refractivity contribution in [2.24, 2.45) is 0 Å². The molecule has 0 bridgehead atoms. The van der Waals surface area contributed by atoms with Gasteiger partial charge in [-0.2, -0.15) is 0 Å². The van der Waals surface area contributed by atoms with E-state index in [9.17, 15) is 13.2 Å². The Balaban J connectivity index is 2.18. The lowest BCUT2D eigenvalue weighted by molar-refractivity contribution is -0.303. The summed E-state index contributed by atoms with van der Waals surface area (Å²) in [6, 6.07) is 7.72. The van der Waals surface area contributed by atoms with Crippen LogP contribution in [0.4, 0.5) is 18.9 Å². The third kappa shape index (κ3) is 3.79. The van der Waals surface area contributed by atoms with Crippen LogP contribution >= 0.6 is 0 Å². The van der Waals surface area contributed by atoms with Gasteiger partial charge in [-0.15, -0.1) is 13.2 Å². The van der Waals surface area contributed by atoms with Crippen molar-refractivity contribution in [3.63, 3.8) is 0 Å². The van der Waals surface area contributed by atoms with Crippen LogP contribution in [0.3, 0.4) is 0 Å². The van der Waals surface area contributed by atoms with Crippen LogP contribution in [-0.4, -0.2) is 20.5 Å². The first-order valence-corrected chi connectivity index (χ1v) is 6.29. The highest BCUT2D eigenvalue weighted by Crippen LogP contribution is 2.31. The molecular formula is C15H16F3NO. The van der Waals surface area contributed by atoms with E-state index >= 15 is 0 Å². The van der Waals surface area contributed by atoms with Crippen LogP contribution < -0.4 is 4.90 Å². The maximum atomic E-state index is 12.2. The monoisotopic (exact) mass is 283 g/mol. The van der Waals surface area contributed by atoms with Gasteiger partial charge >= 0.3 is 6.36 Å². The predicted octanol–water partition coefficient (Wildman–Crippen LogP) is 4.35. The second kappa shape index (κ2) is 5.61. The minimum Gasteiger partial charge on any atom is -0.406 e. The number of ether oxygens (including phenoxy) is 1. The van der Waals surface area contributed by atoms with E-state index in [-0.39, 0.29) is 5.76 Å². The molecule has 0 spiro atoms. The second-order valence-electron chi connectivity index (χ2n) is 4.80. The van der Waals surface area contributed by atoms with Crippen LogP contribution in [0.25, 0.3) is 5.57 Å². The second-order valence-corrected chi connectivity index (χ2v) is 4.80.